The number of rotatable bonds is 6. The zero-order valence-electron chi connectivity index (χ0n) is 14.1. The molecule has 0 fully saturated rings. The molecule has 27 heavy (non-hydrogen) atoms. The van der Waals surface area contributed by atoms with Crippen molar-refractivity contribution in [1.82, 2.24) is 10.4 Å². The predicted molar refractivity (Wildman–Crippen MR) is 109 cm³/mol. The molecule has 1 aromatic heterocycles. The topological polar surface area (TPSA) is 63.6 Å². The highest BCUT2D eigenvalue weighted by Gasteiger charge is 2.04. The number of aromatic nitrogens is 1. The van der Waals surface area contributed by atoms with Gasteiger partial charge in [0.1, 0.15) is 12.4 Å². The number of pyridine rings is 1. The van der Waals surface area contributed by atoms with Crippen molar-refractivity contribution in [3.05, 3.63) is 93.2 Å². The number of nitrogens with zero attached hydrogens (tertiary/aromatic N) is 2. The molecule has 0 atom stereocenters. The Balaban J connectivity index is 1.57. The first-order valence-electron chi connectivity index (χ1n) is 8.02. The van der Waals surface area contributed by atoms with Gasteiger partial charge in [-0.25, -0.2) is 5.43 Å². The van der Waals surface area contributed by atoms with Crippen LogP contribution < -0.4 is 10.2 Å². The summed E-state index contributed by atoms with van der Waals surface area (Å²) in [7, 11) is 0. The minimum atomic E-state index is -0.318. The number of hydrazone groups is 1. The second kappa shape index (κ2) is 9.30. The molecule has 1 N–H and O–H groups in total. The van der Waals surface area contributed by atoms with Crippen molar-refractivity contribution < 1.29 is 9.53 Å². The lowest BCUT2D eigenvalue weighted by Crippen LogP contribution is -2.17. The maximum Gasteiger partial charge on any atom is 0.272 e. The van der Waals surface area contributed by atoms with Gasteiger partial charge in [0, 0.05) is 17.4 Å². The van der Waals surface area contributed by atoms with Crippen molar-refractivity contribution in [2.24, 2.45) is 5.10 Å². The molecule has 0 saturated heterocycles. The molecule has 0 radical (unpaired) electrons. The molecule has 0 aliphatic rings. The summed E-state index contributed by atoms with van der Waals surface area (Å²) < 4.78 is 6.60. The van der Waals surface area contributed by atoms with Gasteiger partial charge in [0.2, 0.25) is 0 Å². The molecule has 0 bridgehead atoms. The zero-order chi connectivity index (χ0) is 19.1. The van der Waals surface area contributed by atoms with Gasteiger partial charge in [0.05, 0.1) is 16.3 Å². The van der Waals surface area contributed by atoms with Gasteiger partial charge < -0.3 is 4.74 Å². The van der Waals surface area contributed by atoms with E-state index in [0.717, 1.165) is 15.6 Å². The third kappa shape index (κ3) is 5.64. The highest BCUT2D eigenvalue weighted by Crippen LogP contribution is 2.26. The van der Waals surface area contributed by atoms with E-state index in [2.05, 4.69) is 31.4 Å². The van der Waals surface area contributed by atoms with E-state index in [1.54, 1.807) is 24.5 Å². The van der Waals surface area contributed by atoms with Gasteiger partial charge in [-0.15, -0.1) is 0 Å². The average Bonchev–Trinajstić information content (AvgIpc) is 2.69. The smallest absolute Gasteiger partial charge is 0.272 e. The molecule has 0 aliphatic heterocycles. The molecule has 7 heteroatoms. The van der Waals surface area contributed by atoms with Crippen LogP contribution in [0.4, 0.5) is 0 Å². The van der Waals surface area contributed by atoms with E-state index < -0.39 is 0 Å². The largest absolute Gasteiger partial charge is 0.488 e. The Morgan fingerprint density at radius 2 is 2.04 bits per heavy atom. The summed E-state index contributed by atoms with van der Waals surface area (Å²) in [5, 5.41) is 4.66. The van der Waals surface area contributed by atoms with Gasteiger partial charge >= 0.3 is 0 Å². The zero-order valence-corrected chi connectivity index (χ0v) is 16.4. The summed E-state index contributed by atoms with van der Waals surface area (Å²) in [6, 6.07) is 16.4. The number of halogens is 2. The fourth-order valence-corrected chi connectivity index (χ4v) is 2.82. The lowest BCUT2D eigenvalue weighted by Gasteiger charge is -2.09. The number of ether oxygens (including phenoxy) is 1. The molecule has 0 saturated carbocycles. The van der Waals surface area contributed by atoms with E-state index >= 15 is 0 Å². The Morgan fingerprint density at radius 1 is 1.22 bits per heavy atom. The lowest BCUT2D eigenvalue weighted by molar-refractivity contribution is 0.0955. The number of hydrogen-bond acceptors (Lipinski definition) is 4. The number of nitrogens with one attached hydrogen (secondary N) is 1. The number of amides is 1. The Bertz CT molecular complexity index is 947. The SMILES string of the molecule is O=C(N/N=C\c1ccc(OCc2ccc(Cl)cc2)c(Br)c1)c1cccnc1. The number of benzene rings is 2. The van der Waals surface area contributed by atoms with Crippen LogP contribution in [0.3, 0.4) is 0 Å². The van der Waals surface area contributed by atoms with Gasteiger partial charge in [-0.2, -0.15) is 5.10 Å². The monoisotopic (exact) mass is 443 g/mol. The van der Waals surface area contributed by atoms with E-state index in [1.165, 1.54) is 6.20 Å². The summed E-state index contributed by atoms with van der Waals surface area (Å²) in [5.41, 5.74) is 4.75. The van der Waals surface area contributed by atoms with Crippen molar-refractivity contribution >= 4 is 39.7 Å². The van der Waals surface area contributed by atoms with Gasteiger partial charge in [-0.1, -0.05) is 23.7 Å². The van der Waals surface area contributed by atoms with Crippen molar-refractivity contribution in [2.45, 2.75) is 6.61 Å². The minimum absolute atomic E-state index is 0.318. The van der Waals surface area contributed by atoms with Crippen LogP contribution >= 0.6 is 27.5 Å². The lowest BCUT2D eigenvalue weighted by atomic mass is 10.2. The van der Waals surface area contributed by atoms with Crippen molar-refractivity contribution in [2.75, 3.05) is 0 Å². The minimum Gasteiger partial charge on any atom is -0.488 e. The van der Waals surface area contributed by atoms with E-state index in [9.17, 15) is 4.79 Å². The van der Waals surface area contributed by atoms with Gasteiger partial charge in [-0.3, -0.25) is 9.78 Å². The Hall–Kier alpha value is -2.70. The van der Waals surface area contributed by atoms with Crippen LogP contribution in [0.25, 0.3) is 0 Å². The van der Waals surface area contributed by atoms with Crippen molar-refractivity contribution in [3.63, 3.8) is 0 Å². The molecule has 3 aromatic rings. The summed E-state index contributed by atoms with van der Waals surface area (Å²) in [6.07, 6.45) is 4.64. The molecule has 1 amide bonds. The van der Waals surface area contributed by atoms with Gasteiger partial charge in [-0.05, 0) is 69.5 Å². The number of carbonyl (C=O) groups excluding carboxylic acids is 1. The van der Waals surface area contributed by atoms with Crippen LogP contribution in [0.5, 0.6) is 5.75 Å². The Morgan fingerprint density at radius 3 is 2.74 bits per heavy atom. The summed E-state index contributed by atoms with van der Waals surface area (Å²) in [6.45, 7) is 0.435. The molecule has 0 unspecified atom stereocenters. The molecule has 1 heterocycles. The first-order chi connectivity index (χ1) is 13.1. The van der Waals surface area contributed by atoms with E-state index in [-0.39, 0.29) is 5.91 Å². The maximum absolute atomic E-state index is 11.9. The van der Waals surface area contributed by atoms with Gasteiger partial charge in [0.15, 0.2) is 0 Å². The van der Waals surface area contributed by atoms with Crippen molar-refractivity contribution in [3.8, 4) is 5.75 Å². The van der Waals surface area contributed by atoms with Crippen LogP contribution in [0, 0.1) is 0 Å². The normalized spacial score (nSPS) is 10.7. The van der Waals surface area contributed by atoms with E-state index in [1.807, 2.05) is 42.5 Å². The highest BCUT2D eigenvalue weighted by molar-refractivity contribution is 9.10. The fourth-order valence-electron chi connectivity index (χ4n) is 2.18. The standard InChI is InChI=1S/C20H15BrClN3O2/c21-18-10-15(11-24-25-20(26)16-2-1-9-23-12-16)5-8-19(18)27-13-14-3-6-17(22)7-4-14/h1-12H,13H2,(H,25,26)/b24-11-. The van der Waals surface area contributed by atoms with E-state index in [0.29, 0.717) is 22.9 Å². The molecule has 0 spiro atoms. The third-order valence-corrected chi connectivity index (χ3v) is 4.44. The Labute approximate surface area is 170 Å². The predicted octanol–water partition coefficient (Wildman–Crippen LogP) is 4.84. The van der Waals surface area contributed by atoms with Crippen LogP contribution in [-0.4, -0.2) is 17.1 Å². The number of hydrogen-bond donors (Lipinski definition) is 1. The van der Waals surface area contributed by atoms with Crippen molar-refractivity contribution in [1.29, 1.82) is 0 Å². The summed E-state index contributed by atoms with van der Waals surface area (Å²) in [5.74, 6) is 0.392. The number of carbonyl (C=O) groups is 1. The maximum atomic E-state index is 11.9. The molecule has 0 aliphatic carbocycles. The molecule has 3 rings (SSSR count). The quantitative estimate of drug-likeness (QED) is 0.437. The first-order valence-corrected chi connectivity index (χ1v) is 9.19. The molecule has 2 aromatic carbocycles. The van der Waals surface area contributed by atoms with Crippen LogP contribution in [-0.2, 0) is 6.61 Å². The molecular weight excluding hydrogens is 430 g/mol. The summed E-state index contributed by atoms with van der Waals surface area (Å²) >= 11 is 9.36. The second-order valence-electron chi connectivity index (χ2n) is 5.55. The molecule has 136 valence electrons. The first kappa shape index (κ1) is 19.1. The average molecular weight is 445 g/mol. The Kier molecular flexibility index (Phi) is 6.57. The van der Waals surface area contributed by atoms with Crippen LogP contribution in [0.15, 0.2) is 76.6 Å². The van der Waals surface area contributed by atoms with Gasteiger partial charge in [0.25, 0.3) is 5.91 Å². The third-order valence-electron chi connectivity index (χ3n) is 3.57. The van der Waals surface area contributed by atoms with Crippen LogP contribution in [0.2, 0.25) is 5.02 Å². The highest BCUT2D eigenvalue weighted by atomic mass is 79.9. The fraction of sp³-hybridized carbons (Fsp3) is 0.0500. The summed E-state index contributed by atoms with van der Waals surface area (Å²) in [4.78, 5) is 15.8. The molecular formula is C20H15BrClN3O2. The second-order valence-corrected chi connectivity index (χ2v) is 6.84. The van der Waals surface area contributed by atoms with Crippen LogP contribution in [0.1, 0.15) is 21.5 Å². The molecule has 5 nitrogen and oxygen atoms in total. The van der Waals surface area contributed by atoms with E-state index in [4.69, 9.17) is 16.3 Å².